The number of carbonyl (C=O) groups excluding carboxylic acids is 1. The summed E-state index contributed by atoms with van der Waals surface area (Å²) in [6.45, 7) is 4.45. The average molecular weight is 587 g/mol. The van der Waals surface area contributed by atoms with Crippen LogP contribution in [-0.2, 0) is 24.1 Å². The molecule has 210 valence electrons. The number of hydrogen-bond donors (Lipinski definition) is 2. The molecule has 2 N–H and O–H groups in total. The highest BCUT2D eigenvalue weighted by atomic mass is 32.1. The van der Waals surface area contributed by atoms with E-state index in [1.54, 1.807) is 20.8 Å². The molecular formula is C26H27F5N4O2S2. The topological polar surface area (TPSA) is 68.2 Å². The fraction of sp³-hybridized carbons (Fsp3) is 0.423. The first kappa shape index (κ1) is 28.9. The molecule has 0 fully saturated rings. The molecule has 0 unspecified atom stereocenters. The fourth-order valence-electron chi connectivity index (χ4n) is 4.65. The second kappa shape index (κ2) is 12.0. The lowest BCUT2D eigenvalue weighted by Gasteiger charge is -2.13. The normalized spacial score (nSPS) is 13.4. The Morgan fingerprint density at radius 1 is 0.974 bits per heavy atom. The van der Waals surface area contributed by atoms with E-state index in [2.05, 4.69) is 15.7 Å². The maximum absolute atomic E-state index is 14.2. The number of esters is 1. The Hall–Kier alpha value is -3.06. The van der Waals surface area contributed by atoms with Crippen molar-refractivity contribution in [3.8, 4) is 0 Å². The van der Waals surface area contributed by atoms with E-state index < -0.39 is 47.2 Å². The van der Waals surface area contributed by atoms with Gasteiger partial charge in [-0.2, -0.15) is 5.10 Å². The van der Waals surface area contributed by atoms with Gasteiger partial charge < -0.3 is 15.4 Å². The Labute approximate surface area is 231 Å². The maximum Gasteiger partial charge on any atom is 0.341 e. The van der Waals surface area contributed by atoms with Gasteiger partial charge in [0.15, 0.2) is 28.4 Å². The van der Waals surface area contributed by atoms with E-state index >= 15 is 0 Å². The second-order valence-electron chi connectivity index (χ2n) is 9.17. The van der Waals surface area contributed by atoms with Crippen LogP contribution < -0.4 is 10.6 Å². The molecule has 3 aromatic rings. The van der Waals surface area contributed by atoms with E-state index in [1.165, 1.54) is 11.3 Å². The van der Waals surface area contributed by atoms with Gasteiger partial charge >= 0.3 is 5.97 Å². The molecule has 0 atom stereocenters. The van der Waals surface area contributed by atoms with Gasteiger partial charge in [0.2, 0.25) is 5.82 Å². The monoisotopic (exact) mass is 586 g/mol. The number of fused-ring (bicyclic) bond motifs is 1. The van der Waals surface area contributed by atoms with Crippen LogP contribution in [0, 0.1) is 42.9 Å². The molecule has 0 bridgehead atoms. The summed E-state index contributed by atoms with van der Waals surface area (Å²) in [5, 5.41) is 11.0. The van der Waals surface area contributed by atoms with Crippen LogP contribution in [0.4, 0.5) is 32.6 Å². The zero-order chi connectivity index (χ0) is 28.4. The molecule has 0 aliphatic heterocycles. The summed E-state index contributed by atoms with van der Waals surface area (Å²) in [5.41, 5.74) is 1.57. The van der Waals surface area contributed by atoms with E-state index in [0.29, 0.717) is 27.6 Å². The molecule has 4 rings (SSSR count). The lowest BCUT2D eigenvalue weighted by atomic mass is 9.96. The number of anilines is 2. The van der Waals surface area contributed by atoms with Gasteiger partial charge in [-0.05, 0) is 64.2 Å². The molecule has 2 heterocycles. The molecule has 2 aromatic heterocycles. The van der Waals surface area contributed by atoms with Gasteiger partial charge in [-0.1, -0.05) is 12.8 Å². The number of ether oxygens (including phenoxy) is 1. The fourth-order valence-corrected chi connectivity index (χ4v) is 6.20. The van der Waals surface area contributed by atoms with Crippen LogP contribution in [0.2, 0.25) is 0 Å². The molecule has 1 aliphatic carbocycles. The molecule has 0 saturated heterocycles. The molecule has 0 spiro atoms. The zero-order valence-electron chi connectivity index (χ0n) is 21.6. The third-order valence-corrected chi connectivity index (χ3v) is 8.02. The number of aromatic nitrogens is 2. The van der Waals surface area contributed by atoms with E-state index in [4.69, 9.17) is 17.0 Å². The Balaban J connectivity index is 1.59. The molecule has 0 amide bonds. The van der Waals surface area contributed by atoms with Crippen LogP contribution in [0.1, 0.15) is 70.4 Å². The van der Waals surface area contributed by atoms with Crippen molar-refractivity contribution in [1.29, 1.82) is 0 Å². The minimum Gasteiger partial charge on any atom is -0.462 e. The third-order valence-electron chi connectivity index (χ3n) is 6.61. The van der Waals surface area contributed by atoms with Crippen molar-refractivity contribution < 1.29 is 31.5 Å². The maximum atomic E-state index is 14.2. The lowest BCUT2D eigenvalue weighted by molar-refractivity contribution is 0.0526. The first-order valence-corrected chi connectivity index (χ1v) is 13.7. The van der Waals surface area contributed by atoms with Crippen LogP contribution >= 0.6 is 23.6 Å². The molecule has 0 radical (unpaired) electrons. The van der Waals surface area contributed by atoms with E-state index in [0.717, 1.165) is 53.6 Å². The van der Waals surface area contributed by atoms with E-state index in [-0.39, 0.29) is 11.7 Å². The van der Waals surface area contributed by atoms with Crippen molar-refractivity contribution in [3.05, 3.63) is 62.0 Å². The van der Waals surface area contributed by atoms with Crippen LogP contribution in [0.5, 0.6) is 0 Å². The number of nitrogens with one attached hydrogen (secondary N) is 2. The summed E-state index contributed by atoms with van der Waals surface area (Å²) in [7, 11) is 0. The Morgan fingerprint density at radius 2 is 1.59 bits per heavy atom. The number of benzene rings is 1. The smallest absolute Gasteiger partial charge is 0.341 e. The van der Waals surface area contributed by atoms with Crippen molar-refractivity contribution >= 4 is 45.3 Å². The Kier molecular flexibility index (Phi) is 8.90. The number of thiophene rings is 1. The summed E-state index contributed by atoms with van der Waals surface area (Å²) >= 11 is 6.96. The van der Waals surface area contributed by atoms with Gasteiger partial charge in [0.25, 0.3) is 0 Å². The third kappa shape index (κ3) is 5.79. The largest absolute Gasteiger partial charge is 0.462 e. The van der Waals surface area contributed by atoms with Gasteiger partial charge in [0.1, 0.15) is 5.00 Å². The highest BCUT2D eigenvalue weighted by Crippen LogP contribution is 2.38. The number of hydrogen-bond acceptors (Lipinski definition) is 5. The highest BCUT2D eigenvalue weighted by molar-refractivity contribution is 7.80. The molecule has 1 aliphatic rings. The van der Waals surface area contributed by atoms with Crippen molar-refractivity contribution in [1.82, 2.24) is 9.78 Å². The highest BCUT2D eigenvalue weighted by Gasteiger charge is 2.28. The average Bonchev–Trinajstić information content (AvgIpc) is 3.34. The lowest BCUT2D eigenvalue weighted by Crippen LogP contribution is -2.21. The summed E-state index contributed by atoms with van der Waals surface area (Å²) in [4.78, 5) is 14.0. The van der Waals surface area contributed by atoms with E-state index in [1.807, 2.05) is 0 Å². The number of thiocarbonyl (C=S) groups is 1. The van der Waals surface area contributed by atoms with Crippen molar-refractivity contribution in [2.45, 2.75) is 65.8 Å². The van der Waals surface area contributed by atoms with Crippen LogP contribution in [0.15, 0.2) is 0 Å². The van der Waals surface area contributed by atoms with Gasteiger partial charge in [0, 0.05) is 4.88 Å². The minimum absolute atomic E-state index is 0.136. The minimum atomic E-state index is -2.22. The number of nitrogens with zero attached hydrogens (tertiary/aromatic N) is 2. The second-order valence-corrected chi connectivity index (χ2v) is 10.7. The number of aryl methyl sites for hydroxylation is 2. The number of rotatable bonds is 6. The van der Waals surface area contributed by atoms with Gasteiger partial charge in [-0.15, -0.1) is 11.3 Å². The van der Waals surface area contributed by atoms with Gasteiger partial charge in [-0.3, -0.25) is 4.68 Å². The summed E-state index contributed by atoms with van der Waals surface area (Å²) in [6, 6.07) is 0. The predicted molar refractivity (Wildman–Crippen MR) is 143 cm³/mol. The van der Waals surface area contributed by atoms with Crippen molar-refractivity contribution in [3.63, 3.8) is 0 Å². The van der Waals surface area contributed by atoms with Crippen molar-refractivity contribution in [2.75, 3.05) is 17.2 Å². The summed E-state index contributed by atoms with van der Waals surface area (Å²) in [6.07, 6.45) is 5.84. The molecule has 1 aromatic carbocycles. The first-order valence-electron chi connectivity index (χ1n) is 12.5. The quantitative estimate of drug-likeness (QED) is 0.107. The molecule has 39 heavy (non-hydrogen) atoms. The molecule has 6 nitrogen and oxygen atoms in total. The number of halogens is 5. The van der Waals surface area contributed by atoms with Gasteiger partial charge in [-0.25, -0.2) is 26.7 Å². The SMILES string of the molecule is CCOC(=O)c1c(NC(=S)Nc2c(C)nn(Cc3c(F)c(F)c(F)c(F)c3F)c2C)sc2c1CCCCCC2. The Morgan fingerprint density at radius 3 is 2.23 bits per heavy atom. The number of carbonyl (C=O) groups is 1. The molecular weight excluding hydrogens is 559 g/mol. The predicted octanol–water partition coefficient (Wildman–Crippen LogP) is 6.95. The Bertz CT molecular complexity index is 1410. The van der Waals surface area contributed by atoms with Crippen LogP contribution in [0.25, 0.3) is 0 Å². The zero-order valence-corrected chi connectivity index (χ0v) is 23.2. The molecule has 0 saturated carbocycles. The first-order chi connectivity index (χ1) is 18.5. The molecule has 13 heteroatoms. The van der Waals surface area contributed by atoms with Crippen LogP contribution in [-0.4, -0.2) is 27.5 Å². The van der Waals surface area contributed by atoms with Gasteiger partial charge in [0.05, 0.1) is 41.4 Å². The summed E-state index contributed by atoms with van der Waals surface area (Å²) < 4.78 is 75.7. The van der Waals surface area contributed by atoms with E-state index in [9.17, 15) is 26.7 Å². The van der Waals surface area contributed by atoms with Crippen LogP contribution in [0.3, 0.4) is 0 Å². The van der Waals surface area contributed by atoms with Crippen molar-refractivity contribution in [2.24, 2.45) is 0 Å². The summed E-state index contributed by atoms with van der Waals surface area (Å²) in [5.74, 6) is -10.5. The standard InChI is InChI=1S/C26H27F5N4O2S2/c1-4-37-25(36)17-14-9-7-5-6-8-10-16(14)39-24(17)33-26(38)32-23-12(2)34-35(13(23)3)11-15-18(27)20(29)22(31)21(30)19(15)28/h4-11H2,1-3H3,(H2,32,33,38).